The van der Waals surface area contributed by atoms with Gasteiger partial charge in [0.05, 0.1) is 11.0 Å². The van der Waals surface area contributed by atoms with E-state index in [1.165, 1.54) is 0 Å². The number of benzene rings is 2. The van der Waals surface area contributed by atoms with Gasteiger partial charge in [-0.3, -0.25) is 4.79 Å². The Balaban J connectivity index is 1.45. The molecule has 0 fully saturated rings. The number of amides is 1. The minimum atomic E-state index is -0.237. The maximum absolute atomic E-state index is 11.9. The van der Waals surface area contributed by atoms with E-state index in [-0.39, 0.29) is 18.6 Å². The predicted molar refractivity (Wildman–Crippen MR) is 94.0 cm³/mol. The van der Waals surface area contributed by atoms with Crippen LogP contribution in [0.2, 0.25) is 5.02 Å². The number of fused-ring (bicyclic) bond motifs is 1. The molecule has 5 nitrogen and oxygen atoms in total. The summed E-state index contributed by atoms with van der Waals surface area (Å²) in [6, 6.07) is 12.6. The first-order valence-corrected chi connectivity index (χ1v) is 8.52. The molecule has 0 spiro atoms. The lowest BCUT2D eigenvalue weighted by molar-refractivity contribution is -0.123. The van der Waals surface area contributed by atoms with E-state index in [4.69, 9.17) is 25.8 Å². The first-order chi connectivity index (χ1) is 11.6. The fraction of sp³-hybridized carbons (Fsp3) is 0.235. The Morgan fingerprint density at radius 3 is 2.88 bits per heavy atom. The Morgan fingerprint density at radius 2 is 2.08 bits per heavy atom. The number of hydrogen-bond acceptors (Lipinski definition) is 4. The van der Waals surface area contributed by atoms with Gasteiger partial charge in [-0.15, -0.1) is 0 Å². The van der Waals surface area contributed by atoms with Crippen LogP contribution in [0, 0.1) is 0 Å². The van der Waals surface area contributed by atoms with Crippen molar-refractivity contribution in [2.45, 2.75) is 6.10 Å². The summed E-state index contributed by atoms with van der Waals surface area (Å²) in [7, 11) is 0. The molecule has 1 atom stereocenters. The number of carbonyl (C=O) groups is 1. The molecule has 7 heteroatoms. The topological polar surface area (TPSA) is 56.8 Å². The third-order valence-corrected chi connectivity index (χ3v) is 4.20. The molecule has 1 aliphatic heterocycles. The lowest BCUT2D eigenvalue weighted by atomic mass is 10.2. The number of hydrogen-bond donors (Lipinski definition) is 1. The number of halogens is 2. The number of ether oxygens (including phenoxy) is 3. The molecular weight excluding hydrogens is 398 g/mol. The quantitative estimate of drug-likeness (QED) is 0.817. The first-order valence-electron chi connectivity index (χ1n) is 7.35. The van der Waals surface area contributed by atoms with Crippen LogP contribution in [0.25, 0.3) is 0 Å². The molecule has 1 N–H and O–H groups in total. The van der Waals surface area contributed by atoms with Crippen LogP contribution in [0.3, 0.4) is 0 Å². The average molecular weight is 413 g/mol. The van der Waals surface area contributed by atoms with E-state index in [1.54, 1.807) is 18.2 Å². The molecule has 0 aromatic heterocycles. The minimum absolute atomic E-state index is 0.0929. The van der Waals surface area contributed by atoms with E-state index in [1.807, 2.05) is 24.3 Å². The van der Waals surface area contributed by atoms with Crippen molar-refractivity contribution in [3.8, 4) is 17.2 Å². The molecule has 1 aliphatic rings. The van der Waals surface area contributed by atoms with Gasteiger partial charge in [0.2, 0.25) is 0 Å². The Hall–Kier alpha value is -1.92. The summed E-state index contributed by atoms with van der Waals surface area (Å²) < 4.78 is 17.5. The highest BCUT2D eigenvalue weighted by molar-refractivity contribution is 9.10. The van der Waals surface area contributed by atoms with Gasteiger partial charge in [-0.05, 0) is 46.3 Å². The number of rotatable bonds is 5. The van der Waals surface area contributed by atoms with E-state index < -0.39 is 0 Å². The Bertz CT molecular complexity index is 740. The van der Waals surface area contributed by atoms with Crippen LogP contribution in [0.15, 0.2) is 46.9 Å². The van der Waals surface area contributed by atoms with Crippen LogP contribution in [0.5, 0.6) is 17.2 Å². The SMILES string of the molecule is O=C(COc1ccc(Cl)cc1Br)NC[C@@H]1COc2ccccc2O1. The van der Waals surface area contributed by atoms with Crippen LogP contribution in [0.1, 0.15) is 0 Å². The molecule has 3 rings (SSSR count). The molecule has 1 heterocycles. The van der Waals surface area contributed by atoms with Gasteiger partial charge >= 0.3 is 0 Å². The zero-order valence-corrected chi connectivity index (χ0v) is 15.0. The maximum atomic E-state index is 11.9. The van der Waals surface area contributed by atoms with Gasteiger partial charge in [0.1, 0.15) is 18.5 Å². The van der Waals surface area contributed by atoms with Gasteiger partial charge in [-0.25, -0.2) is 0 Å². The lowest BCUT2D eigenvalue weighted by Crippen LogP contribution is -2.42. The van der Waals surface area contributed by atoms with E-state index in [2.05, 4.69) is 21.2 Å². The van der Waals surface area contributed by atoms with E-state index in [0.29, 0.717) is 34.1 Å². The summed E-state index contributed by atoms with van der Waals surface area (Å²) >= 11 is 9.20. The Labute approximate surface area is 153 Å². The zero-order valence-electron chi connectivity index (χ0n) is 12.6. The van der Waals surface area contributed by atoms with Gasteiger partial charge in [0.25, 0.3) is 5.91 Å². The monoisotopic (exact) mass is 411 g/mol. The third-order valence-electron chi connectivity index (χ3n) is 3.35. The first kappa shape index (κ1) is 16.9. The highest BCUT2D eigenvalue weighted by Gasteiger charge is 2.21. The molecule has 0 aliphatic carbocycles. The summed E-state index contributed by atoms with van der Waals surface area (Å²) in [5, 5.41) is 3.37. The lowest BCUT2D eigenvalue weighted by Gasteiger charge is -2.26. The Morgan fingerprint density at radius 1 is 1.29 bits per heavy atom. The highest BCUT2D eigenvalue weighted by atomic mass is 79.9. The van der Waals surface area contributed by atoms with Crippen LogP contribution >= 0.6 is 27.5 Å². The molecule has 1 amide bonds. The van der Waals surface area contributed by atoms with E-state index in [0.717, 1.165) is 5.75 Å². The summed E-state index contributed by atoms with van der Waals surface area (Å²) in [6.45, 7) is 0.642. The number of carbonyl (C=O) groups excluding carboxylic acids is 1. The van der Waals surface area contributed by atoms with Crippen molar-refractivity contribution in [3.05, 3.63) is 52.0 Å². The zero-order chi connectivity index (χ0) is 16.9. The standard InChI is InChI=1S/C17H15BrClNO4/c18-13-7-11(19)5-6-14(13)23-10-17(21)20-8-12-9-22-15-3-1-2-4-16(15)24-12/h1-7,12H,8-10H2,(H,20,21)/t12-/m1/s1. The molecule has 24 heavy (non-hydrogen) atoms. The molecule has 2 aromatic carbocycles. The molecule has 0 bridgehead atoms. The minimum Gasteiger partial charge on any atom is -0.486 e. The summed E-state index contributed by atoms with van der Waals surface area (Å²) in [6.07, 6.45) is -0.230. The van der Waals surface area contributed by atoms with E-state index in [9.17, 15) is 4.79 Å². The van der Waals surface area contributed by atoms with Gasteiger partial charge in [-0.1, -0.05) is 23.7 Å². The van der Waals surface area contributed by atoms with Crippen molar-refractivity contribution >= 4 is 33.4 Å². The fourth-order valence-electron chi connectivity index (χ4n) is 2.18. The van der Waals surface area contributed by atoms with Crippen molar-refractivity contribution in [1.82, 2.24) is 5.32 Å². The molecular formula is C17H15BrClNO4. The largest absolute Gasteiger partial charge is 0.486 e. The highest BCUT2D eigenvalue weighted by Crippen LogP contribution is 2.30. The predicted octanol–water partition coefficient (Wildman–Crippen LogP) is 3.44. The van der Waals surface area contributed by atoms with Gasteiger partial charge in [-0.2, -0.15) is 0 Å². The second kappa shape index (κ2) is 7.77. The van der Waals surface area contributed by atoms with Crippen molar-refractivity contribution in [2.24, 2.45) is 0 Å². The molecule has 0 saturated carbocycles. The smallest absolute Gasteiger partial charge is 0.258 e. The van der Waals surface area contributed by atoms with Crippen LogP contribution < -0.4 is 19.5 Å². The van der Waals surface area contributed by atoms with Crippen LogP contribution in [0.4, 0.5) is 0 Å². The fourth-order valence-corrected chi connectivity index (χ4v) is 2.98. The third kappa shape index (κ3) is 4.33. The number of nitrogens with one attached hydrogen (secondary N) is 1. The second-order valence-corrected chi connectivity index (χ2v) is 6.46. The average Bonchev–Trinajstić information content (AvgIpc) is 2.59. The number of para-hydroxylation sites is 2. The normalized spacial score (nSPS) is 15.7. The van der Waals surface area contributed by atoms with E-state index >= 15 is 0 Å². The summed E-state index contributed by atoms with van der Waals surface area (Å²) in [5.74, 6) is 1.72. The molecule has 126 valence electrons. The summed E-state index contributed by atoms with van der Waals surface area (Å²) in [4.78, 5) is 11.9. The van der Waals surface area contributed by atoms with Crippen LogP contribution in [-0.4, -0.2) is 31.8 Å². The molecule has 0 unspecified atom stereocenters. The van der Waals surface area contributed by atoms with Gasteiger partial charge < -0.3 is 19.5 Å². The molecule has 0 radical (unpaired) electrons. The van der Waals surface area contributed by atoms with Crippen molar-refractivity contribution in [2.75, 3.05) is 19.8 Å². The molecule has 0 saturated heterocycles. The van der Waals surface area contributed by atoms with Crippen LogP contribution in [-0.2, 0) is 4.79 Å². The van der Waals surface area contributed by atoms with Crippen molar-refractivity contribution in [3.63, 3.8) is 0 Å². The van der Waals surface area contributed by atoms with Gasteiger partial charge in [0, 0.05) is 5.02 Å². The Kier molecular flexibility index (Phi) is 5.48. The molecule has 2 aromatic rings. The maximum Gasteiger partial charge on any atom is 0.258 e. The summed E-state index contributed by atoms with van der Waals surface area (Å²) in [5.41, 5.74) is 0. The second-order valence-electron chi connectivity index (χ2n) is 5.17. The van der Waals surface area contributed by atoms with Crippen molar-refractivity contribution in [1.29, 1.82) is 0 Å². The van der Waals surface area contributed by atoms with Crippen molar-refractivity contribution < 1.29 is 19.0 Å². The van der Waals surface area contributed by atoms with Gasteiger partial charge in [0.15, 0.2) is 18.1 Å².